The molecule has 0 atom stereocenters. The van der Waals surface area contributed by atoms with Crippen LogP contribution < -0.4 is 4.74 Å². The number of nitrogens with zero attached hydrogens (tertiary/aromatic N) is 5. The molecule has 1 aliphatic rings. The van der Waals surface area contributed by atoms with Crippen LogP contribution in [0.5, 0.6) is 5.75 Å². The van der Waals surface area contributed by atoms with Crippen LogP contribution in [0, 0.1) is 0 Å². The number of ether oxygens (including phenoxy) is 2. The lowest BCUT2D eigenvalue weighted by atomic mass is 10.1. The van der Waals surface area contributed by atoms with E-state index in [1.54, 1.807) is 10.7 Å². The number of aromatic nitrogens is 5. The highest BCUT2D eigenvalue weighted by atomic mass is 19.3. The first-order valence-corrected chi connectivity index (χ1v) is 10.8. The molecule has 0 spiro atoms. The predicted molar refractivity (Wildman–Crippen MR) is 118 cm³/mol. The summed E-state index contributed by atoms with van der Waals surface area (Å²) in [5, 5.41) is 14.7. The van der Waals surface area contributed by atoms with Gasteiger partial charge in [-0.3, -0.25) is 9.58 Å². The molecule has 0 aliphatic carbocycles. The molecule has 5 rings (SSSR count). The molecule has 2 N–H and O–H groups in total. The smallest absolute Gasteiger partial charge is 0.387 e. The van der Waals surface area contributed by atoms with Gasteiger partial charge in [0.05, 0.1) is 24.9 Å². The summed E-state index contributed by atoms with van der Waals surface area (Å²) in [6.07, 6.45) is 3.63. The zero-order chi connectivity index (χ0) is 23.7. The maximum absolute atomic E-state index is 12.8. The van der Waals surface area contributed by atoms with Crippen molar-refractivity contribution < 1.29 is 28.2 Å². The van der Waals surface area contributed by atoms with Crippen LogP contribution in [-0.2, 0) is 11.3 Å². The topological polar surface area (TPSA) is 118 Å². The SMILES string of the molecule is O=C(O)c1c[nH]c2ncc(-c3nn(CCCN4CCOCC4)c4ccc(OC(F)F)cc34)nc12. The van der Waals surface area contributed by atoms with E-state index in [0.717, 1.165) is 44.8 Å². The molecule has 1 fully saturated rings. The number of benzene rings is 1. The fourth-order valence-electron chi connectivity index (χ4n) is 4.13. The van der Waals surface area contributed by atoms with Crippen molar-refractivity contribution in [2.24, 2.45) is 0 Å². The minimum absolute atomic E-state index is 0.00137. The second kappa shape index (κ2) is 9.31. The van der Waals surface area contributed by atoms with Gasteiger partial charge in [0.15, 0.2) is 5.65 Å². The minimum atomic E-state index is -2.96. The van der Waals surface area contributed by atoms with Crippen molar-refractivity contribution in [2.75, 3.05) is 32.8 Å². The van der Waals surface area contributed by atoms with E-state index < -0.39 is 12.6 Å². The molecule has 10 nitrogen and oxygen atoms in total. The van der Waals surface area contributed by atoms with Gasteiger partial charge in [-0.2, -0.15) is 13.9 Å². The zero-order valence-corrected chi connectivity index (χ0v) is 18.1. The van der Waals surface area contributed by atoms with Gasteiger partial charge in [-0.05, 0) is 24.6 Å². The van der Waals surface area contributed by atoms with Gasteiger partial charge in [0.1, 0.15) is 28.2 Å². The van der Waals surface area contributed by atoms with Gasteiger partial charge in [-0.15, -0.1) is 0 Å². The van der Waals surface area contributed by atoms with Crippen LogP contribution >= 0.6 is 0 Å². The molecule has 34 heavy (non-hydrogen) atoms. The number of aromatic amines is 1. The molecule has 0 bridgehead atoms. The monoisotopic (exact) mass is 472 g/mol. The molecular weight excluding hydrogens is 450 g/mol. The highest BCUT2D eigenvalue weighted by Gasteiger charge is 2.19. The number of nitrogens with one attached hydrogen (secondary N) is 1. The highest BCUT2D eigenvalue weighted by Crippen LogP contribution is 2.31. The molecular formula is C22H22F2N6O4. The van der Waals surface area contributed by atoms with E-state index in [-0.39, 0.29) is 16.8 Å². The molecule has 0 radical (unpaired) electrons. The summed E-state index contributed by atoms with van der Waals surface area (Å²) < 4.78 is 37.4. The Labute approximate surface area is 192 Å². The number of rotatable bonds is 8. The second-order valence-electron chi connectivity index (χ2n) is 7.90. The van der Waals surface area contributed by atoms with Crippen molar-refractivity contribution in [3.05, 3.63) is 36.2 Å². The van der Waals surface area contributed by atoms with Gasteiger partial charge in [-0.25, -0.2) is 14.8 Å². The molecule has 0 amide bonds. The van der Waals surface area contributed by atoms with Crippen LogP contribution in [0.15, 0.2) is 30.6 Å². The van der Waals surface area contributed by atoms with Crippen molar-refractivity contribution >= 4 is 28.0 Å². The number of carboxylic acid groups (broad SMARTS) is 1. The van der Waals surface area contributed by atoms with Gasteiger partial charge < -0.3 is 19.6 Å². The van der Waals surface area contributed by atoms with E-state index in [9.17, 15) is 18.7 Å². The van der Waals surface area contributed by atoms with E-state index in [0.29, 0.717) is 29.0 Å². The van der Waals surface area contributed by atoms with Crippen molar-refractivity contribution in [3.63, 3.8) is 0 Å². The lowest BCUT2D eigenvalue weighted by Gasteiger charge is -2.26. The minimum Gasteiger partial charge on any atom is -0.478 e. The molecule has 12 heteroatoms. The molecule has 0 saturated carbocycles. The second-order valence-corrected chi connectivity index (χ2v) is 7.90. The maximum atomic E-state index is 12.8. The Kier molecular flexibility index (Phi) is 6.07. The summed E-state index contributed by atoms with van der Waals surface area (Å²) in [6, 6.07) is 4.65. The Balaban J connectivity index is 1.52. The number of carboxylic acids is 1. The van der Waals surface area contributed by atoms with Crippen molar-refractivity contribution in [2.45, 2.75) is 19.6 Å². The van der Waals surface area contributed by atoms with Crippen LogP contribution in [0.1, 0.15) is 16.8 Å². The lowest BCUT2D eigenvalue weighted by molar-refractivity contribution is -0.0497. The number of halogens is 2. The first-order valence-electron chi connectivity index (χ1n) is 10.8. The third kappa shape index (κ3) is 4.41. The lowest BCUT2D eigenvalue weighted by Crippen LogP contribution is -2.37. The van der Waals surface area contributed by atoms with Crippen LogP contribution in [0.2, 0.25) is 0 Å². The number of H-pyrrole nitrogens is 1. The molecule has 0 unspecified atom stereocenters. The molecule has 1 aliphatic heterocycles. The van der Waals surface area contributed by atoms with Crippen LogP contribution in [0.3, 0.4) is 0 Å². The van der Waals surface area contributed by atoms with E-state index in [4.69, 9.17) is 9.84 Å². The fourth-order valence-corrected chi connectivity index (χ4v) is 4.13. The van der Waals surface area contributed by atoms with E-state index in [1.807, 2.05) is 0 Å². The third-order valence-electron chi connectivity index (χ3n) is 5.75. The number of morpholine rings is 1. The summed E-state index contributed by atoms with van der Waals surface area (Å²) in [7, 11) is 0. The quantitative estimate of drug-likeness (QED) is 0.402. The maximum Gasteiger partial charge on any atom is 0.387 e. The average molecular weight is 472 g/mol. The number of aryl methyl sites for hydroxylation is 1. The van der Waals surface area contributed by atoms with E-state index in [1.165, 1.54) is 24.5 Å². The molecule has 3 aromatic heterocycles. The number of hydrogen-bond donors (Lipinski definition) is 2. The summed E-state index contributed by atoms with van der Waals surface area (Å²) >= 11 is 0. The summed E-state index contributed by atoms with van der Waals surface area (Å²) in [4.78, 5) is 25.4. The van der Waals surface area contributed by atoms with Gasteiger partial charge in [0.2, 0.25) is 0 Å². The first-order chi connectivity index (χ1) is 16.5. The highest BCUT2D eigenvalue weighted by molar-refractivity contribution is 6.01. The van der Waals surface area contributed by atoms with E-state index >= 15 is 0 Å². The van der Waals surface area contributed by atoms with Gasteiger partial charge in [-0.1, -0.05) is 0 Å². The number of hydrogen-bond acceptors (Lipinski definition) is 7. The molecule has 4 aromatic rings. The number of alkyl halides is 2. The van der Waals surface area contributed by atoms with E-state index in [2.05, 4.69) is 24.6 Å². The molecule has 4 heterocycles. The zero-order valence-electron chi connectivity index (χ0n) is 18.1. The largest absolute Gasteiger partial charge is 0.478 e. The van der Waals surface area contributed by atoms with Gasteiger partial charge in [0, 0.05) is 37.8 Å². The molecule has 1 aromatic carbocycles. The Bertz CT molecular complexity index is 1330. The van der Waals surface area contributed by atoms with Crippen molar-refractivity contribution in [3.8, 4) is 17.1 Å². The Morgan fingerprint density at radius 2 is 2.09 bits per heavy atom. The summed E-state index contributed by atoms with van der Waals surface area (Å²) in [5.74, 6) is -1.14. The first kappa shape index (κ1) is 22.2. The van der Waals surface area contributed by atoms with Gasteiger partial charge in [0.25, 0.3) is 0 Å². The number of aromatic carboxylic acids is 1. The summed E-state index contributed by atoms with van der Waals surface area (Å²) in [6.45, 7) is 1.74. The standard InChI is InChI=1S/C22H22F2N6O4/c23-22(24)34-13-2-3-17-14(10-13)18(28-30(17)5-1-4-29-6-8-33-9-7-29)16-12-26-20-19(27-16)15(11-25-20)21(31)32/h2-3,10-12,22H,1,4-9H2,(H,25,26)(H,31,32). The number of fused-ring (bicyclic) bond motifs is 2. The van der Waals surface area contributed by atoms with Crippen LogP contribution in [0.25, 0.3) is 33.5 Å². The van der Waals surface area contributed by atoms with Gasteiger partial charge >= 0.3 is 12.6 Å². The van der Waals surface area contributed by atoms with Crippen LogP contribution in [-0.4, -0.2) is 80.2 Å². The third-order valence-corrected chi connectivity index (χ3v) is 5.75. The Morgan fingerprint density at radius 1 is 1.26 bits per heavy atom. The Morgan fingerprint density at radius 3 is 2.85 bits per heavy atom. The molecule has 178 valence electrons. The summed E-state index contributed by atoms with van der Waals surface area (Å²) in [5.41, 5.74) is 1.99. The Hall–Kier alpha value is -3.64. The normalized spacial score (nSPS) is 14.9. The number of carbonyl (C=O) groups is 1. The fraction of sp³-hybridized carbons (Fsp3) is 0.364. The molecule has 1 saturated heterocycles. The van der Waals surface area contributed by atoms with Crippen LogP contribution in [0.4, 0.5) is 8.78 Å². The predicted octanol–water partition coefficient (Wildman–Crippen LogP) is 3.00. The van der Waals surface area contributed by atoms with Crippen molar-refractivity contribution in [1.29, 1.82) is 0 Å². The van der Waals surface area contributed by atoms with Crippen molar-refractivity contribution in [1.82, 2.24) is 29.6 Å². The average Bonchev–Trinajstić information content (AvgIpc) is 3.40.